The number of anilines is 1. The third kappa shape index (κ3) is 3.17. The molecule has 2 atom stereocenters. The van der Waals surface area contributed by atoms with E-state index in [0.29, 0.717) is 11.6 Å². The molecule has 112 valence electrons. The number of aliphatic hydroxyl groups is 1. The topological polar surface area (TPSA) is 63.4 Å². The Morgan fingerprint density at radius 3 is 2.67 bits per heavy atom. The number of nitriles is 1. The Kier molecular flexibility index (Phi) is 4.37. The molecule has 2 heterocycles. The van der Waals surface area contributed by atoms with Crippen LogP contribution in [-0.4, -0.2) is 53.3 Å². The first-order chi connectivity index (χ1) is 10.3. The number of pyridine rings is 1. The van der Waals surface area contributed by atoms with Gasteiger partial charge in [-0.05, 0) is 25.0 Å². The maximum Gasteiger partial charge on any atom is 0.129 e. The lowest BCUT2D eigenvalue weighted by Crippen LogP contribution is -2.54. The number of aliphatic hydroxyl groups excluding tert-OH is 1. The van der Waals surface area contributed by atoms with Gasteiger partial charge in [0.15, 0.2) is 0 Å². The van der Waals surface area contributed by atoms with Crippen LogP contribution in [0.4, 0.5) is 5.82 Å². The van der Waals surface area contributed by atoms with Crippen molar-refractivity contribution < 1.29 is 5.11 Å². The minimum absolute atomic E-state index is 0.162. The van der Waals surface area contributed by atoms with Crippen LogP contribution in [0.15, 0.2) is 18.3 Å². The summed E-state index contributed by atoms with van der Waals surface area (Å²) in [5, 5.41) is 19.1. The summed E-state index contributed by atoms with van der Waals surface area (Å²) in [4.78, 5) is 9.02. The fourth-order valence-corrected chi connectivity index (χ4v) is 3.46. The summed E-state index contributed by atoms with van der Waals surface area (Å²) in [6, 6.07) is 6.08. The van der Waals surface area contributed by atoms with Crippen molar-refractivity contribution in [1.82, 2.24) is 9.88 Å². The Balaban J connectivity index is 1.61. The van der Waals surface area contributed by atoms with E-state index < -0.39 is 0 Å². The van der Waals surface area contributed by atoms with Gasteiger partial charge in [0.2, 0.25) is 0 Å². The molecular weight excluding hydrogens is 264 g/mol. The molecule has 0 spiro atoms. The van der Waals surface area contributed by atoms with Crippen LogP contribution in [0, 0.1) is 11.3 Å². The Morgan fingerprint density at radius 2 is 1.95 bits per heavy atom. The highest BCUT2D eigenvalue weighted by Gasteiger charge is 2.31. The fraction of sp³-hybridized carbons (Fsp3) is 0.625. The fourth-order valence-electron chi connectivity index (χ4n) is 3.46. The molecule has 1 saturated carbocycles. The van der Waals surface area contributed by atoms with Gasteiger partial charge in [-0.15, -0.1) is 0 Å². The number of hydrogen-bond donors (Lipinski definition) is 1. The van der Waals surface area contributed by atoms with E-state index in [1.54, 1.807) is 12.3 Å². The van der Waals surface area contributed by atoms with Crippen molar-refractivity contribution in [2.75, 3.05) is 31.1 Å². The van der Waals surface area contributed by atoms with Crippen LogP contribution >= 0.6 is 0 Å². The third-order valence-corrected chi connectivity index (χ3v) is 4.68. The van der Waals surface area contributed by atoms with Crippen molar-refractivity contribution in [3.05, 3.63) is 23.9 Å². The predicted molar refractivity (Wildman–Crippen MR) is 81.0 cm³/mol. The summed E-state index contributed by atoms with van der Waals surface area (Å²) in [6.45, 7) is 3.73. The first-order valence-electron chi connectivity index (χ1n) is 7.81. The van der Waals surface area contributed by atoms with Crippen molar-refractivity contribution in [3.8, 4) is 6.07 Å². The second-order valence-electron chi connectivity index (χ2n) is 5.96. The molecule has 1 aliphatic heterocycles. The van der Waals surface area contributed by atoms with Crippen molar-refractivity contribution in [1.29, 1.82) is 5.26 Å². The first kappa shape index (κ1) is 14.3. The second kappa shape index (κ2) is 6.42. The van der Waals surface area contributed by atoms with E-state index in [1.807, 2.05) is 6.07 Å². The van der Waals surface area contributed by atoms with Crippen molar-refractivity contribution in [2.45, 2.75) is 37.8 Å². The molecule has 0 aromatic carbocycles. The van der Waals surface area contributed by atoms with E-state index in [1.165, 1.54) is 6.42 Å². The lowest BCUT2D eigenvalue weighted by atomic mass is 9.91. The standard InChI is InChI=1S/C16H22N4O/c17-12-13-5-6-18-16(11-13)20-9-7-19(8-10-20)14-3-1-2-4-15(14)21/h5-6,11,14-15,21H,1-4,7-10H2/t14-,15-/m1/s1. The summed E-state index contributed by atoms with van der Waals surface area (Å²) < 4.78 is 0. The summed E-state index contributed by atoms with van der Waals surface area (Å²) in [5.41, 5.74) is 0.658. The molecule has 2 fully saturated rings. The van der Waals surface area contributed by atoms with Crippen LogP contribution in [0.3, 0.4) is 0 Å². The van der Waals surface area contributed by atoms with Gasteiger partial charge in [0.05, 0.1) is 17.7 Å². The monoisotopic (exact) mass is 286 g/mol. The smallest absolute Gasteiger partial charge is 0.129 e. The van der Waals surface area contributed by atoms with Gasteiger partial charge >= 0.3 is 0 Å². The molecule has 0 unspecified atom stereocenters. The van der Waals surface area contributed by atoms with Crippen LogP contribution in [0.2, 0.25) is 0 Å². The minimum Gasteiger partial charge on any atom is -0.391 e. The Morgan fingerprint density at radius 1 is 1.19 bits per heavy atom. The second-order valence-corrected chi connectivity index (χ2v) is 5.96. The van der Waals surface area contributed by atoms with E-state index in [2.05, 4.69) is 20.9 Å². The van der Waals surface area contributed by atoms with Gasteiger partial charge < -0.3 is 10.0 Å². The van der Waals surface area contributed by atoms with Gasteiger partial charge in [0.25, 0.3) is 0 Å². The molecule has 0 radical (unpaired) electrons. The average Bonchev–Trinajstić information content (AvgIpc) is 2.56. The van der Waals surface area contributed by atoms with Crippen molar-refractivity contribution in [2.24, 2.45) is 0 Å². The number of nitrogens with zero attached hydrogens (tertiary/aromatic N) is 4. The number of aromatic nitrogens is 1. The van der Waals surface area contributed by atoms with Gasteiger partial charge in [0.1, 0.15) is 5.82 Å². The lowest BCUT2D eigenvalue weighted by Gasteiger charge is -2.43. The lowest BCUT2D eigenvalue weighted by molar-refractivity contribution is 0.0172. The highest BCUT2D eigenvalue weighted by atomic mass is 16.3. The van der Waals surface area contributed by atoms with Crippen molar-refractivity contribution >= 4 is 5.82 Å². The molecule has 5 heteroatoms. The van der Waals surface area contributed by atoms with E-state index in [0.717, 1.165) is 51.3 Å². The largest absolute Gasteiger partial charge is 0.391 e. The number of hydrogen-bond acceptors (Lipinski definition) is 5. The van der Waals surface area contributed by atoms with Gasteiger partial charge in [0, 0.05) is 38.4 Å². The zero-order chi connectivity index (χ0) is 14.7. The zero-order valence-electron chi connectivity index (χ0n) is 12.3. The summed E-state index contributed by atoms with van der Waals surface area (Å²) in [6.07, 6.45) is 5.98. The molecule has 1 aromatic rings. The summed E-state index contributed by atoms with van der Waals surface area (Å²) in [5.74, 6) is 0.887. The predicted octanol–water partition coefficient (Wildman–Crippen LogP) is 1.38. The SMILES string of the molecule is N#Cc1ccnc(N2CCN([C@@H]3CCCC[C@H]3O)CC2)c1. The van der Waals surface area contributed by atoms with E-state index in [4.69, 9.17) is 5.26 Å². The summed E-state index contributed by atoms with van der Waals surface area (Å²) in [7, 11) is 0. The zero-order valence-corrected chi connectivity index (χ0v) is 12.3. The first-order valence-corrected chi connectivity index (χ1v) is 7.81. The maximum atomic E-state index is 10.2. The van der Waals surface area contributed by atoms with Gasteiger partial charge in [-0.2, -0.15) is 5.26 Å². The van der Waals surface area contributed by atoms with E-state index >= 15 is 0 Å². The van der Waals surface area contributed by atoms with Crippen LogP contribution < -0.4 is 4.90 Å². The third-order valence-electron chi connectivity index (χ3n) is 4.68. The molecule has 0 amide bonds. The van der Waals surface area contributed by atoms with Crippen LogP contribution in [0.25, 0.3) is 0 Å². The van der Waals surface area contributed by atoms with Crippen molar-refractivity contribution in [3.63, 3.8) is 0 Å². The number of piperazine rings is 1. The molecular formula is C16H22N4O. The van der Waals surface area contributed by atoms with Crippen LogP contribution in [-0.2, 0) is 0 Å². The highest BCUT2D eigenvalue weighted by molar-refractivity contribution is 5.45. The molecule has 21 heavy (non-hydrogen) atoms. The quantitative estimate of drug-likeness (QED) is 0.890. The molecule has 0 bridgehead atoms. The van der Waals surface area contributed by atoms with Gasteiger partial charge in [-0.1, -0.05) is 12.8 Å². The Hall–Kier alpha value is -1.64. The molecule has 1 aromatic heterocycles. The molecule has 2 aliphatic rings. The average molecular weight is 286 g/mol. The molecule has 1 N–H and O–H groups in total. The van der Waals surface area contributed by atoms with E-state index in [9.17, 15) is 5.11 Å². The Bertz CT molecular complexity index is 519. The Labute approximate surface area is 125 Å². The molecule has 3 rings (SSSR count). The molecule has 1 saturated heterocycles. The highest BCUT2D eigenvalue weighted by Crippen LogP contribution is 2.25. The summed E-state index contributed by atoms with van der Waals surface area (Å²) >= 11 is 0. The van der Waals surface area contributed by atoms with Crippen LogP contribution in [0.1, 0.15) is 31.2 Å². The van der Waals surface area contributed by atoms with Gasteiger partial charge in [-0.25, -0.2) is 4.98 Å². The maximum absolute atomic E-state index is 10.2. The minimum atomic E-state index is -0.162. The normalized spacial score (nSPS) is 27.3. The van der Waals surface area contributed by atoms with E-state index in [-0.39, 0.29) is 6.10 Å². The molecule has 1 aliphatic carbocycles. The van der Waals surface area contributed by atoms with Crippen LogP contribution in [0.5, 0.6) is 0 Å². The number of rotatable bonds is 2. The van der Waals surface area contributed by atoms with Gasteiger partial charge in [-0.3, -0.25) is 4.90 Å². The molecule has 5 nitrogen and oxygen atoms in total.